The average Bonchev–Trinajstić information content (AvgIpc) is 3.36. The van der Waals surface area contributed by atoms with Gasteiger partial charge in [-0.3, -0.25) is 4.79 Å². The summed E-state index contributed by atoms with van der Waals surface area (Å²) >= 11 is 1.10. The van der Waals surface area contributed by atoms with Crippen LogP contribution in [0.3, 0.4) is 0 Å². The number of aryl methyl sites for hydroxylation is 2. The first-order valence-electron chi connectivity index (χ1n) is 9.83. The van der Waals surface area contributed by atoms with E-state index < -0.39 is 10.0 Å². The molecule has 0 bridgehead atoms. The van der Waals surface area contributed by atoms with Gasteiger partial charge in [0.2, 0.25) is 10.0 Å². The number of nitrogens with one attached hydrogen (secondary N) is 1. The normalized spacial score (nSPS) is 19.8. The number of carbonyl (C=O) groups is 1. The highest BCUT2D eigenvalue weighted by atomic mass is 32.2. The largest absolute Gasteiger partial charge is 0.379 e. The Kier molecular flexibility index (Phi) is 5.95. The fourth-order valence-electron chi connectivity index (χ4n) is 3.83. The topological polar surface area (TPSA) is 101 Å². The van der Waals surface area contributed by atoms with Gasteiger partial charge in [-0.15, -0.1) is 5.10 Å². The van der Waals surface area contributed by atoms with E-state index in [1.807, 2.05) is 13.0 Å². The molecule has 1 amide bonds. The van der Waals surface area contributed by atoms with E-state index in [-0.39, 0.29) is 16.8 Å². The molecule has 0 unspecified atom stereocenters. The van der Waals surface area contributed by atoms with Crippen LogP contribution in [-0.2, 0) is 27.6 Å². The molecule has 156 valence electrons. The second-order valence-electron chi connectivity index (χ2n) is 7.24. The predicted molar refractivity (Wildman–Crippen MR) is 108 cm³/mol. The van der Waals surface area contributed by atoms with Crippen LogP contribution in [0, 0.1) is 0 Å². The van der Waals surface area contributed by atoms with Crippen molar-refractivity contribution in [2.75, 3.05) is 26.3 Å². The Morgan fingerprint density at radius 3 is 2.90 bits per heavy atom. The van der Waals surface area contributed by atoms with Crippen LogP contribution in [0.25, 0.3) is 0 Å². The smallest absolute Gasteiger partial charge is 0.265 e. The summed E-state index contributed by atoms with van der Waals surface area (Å²) in [6.45, 7) is 3.57. The monoisotopic (exact) mass is 436 g/mol. The molecule has 1 aliphatic heterocycles. The number of aromatic nitrogens is 2. The van der Waals surface area contributed by atoms with Crippen molar-refractivity contribution >= 4 is 27.5 Å². The average molecular weight is 437 g/mol. The summed E-state index contributed by atoms with van der Waals surface area (Å²) in [7, 11) is -3.57. The van der Waals surface area contributed by atoms with Crippen LogP contribution in [0.2, 0.25) is 0 Å². The number of hydrogen-bond acceptors (Lipinski definition) is 7. The fraction of sp³-hybridized carbons (Fsp3) is 0.526. The summed E-state index contributed by atoms with van der Waals surface area (Å²) in [5.41, 5.74) is 2.67. The first kappa shape index (κ1) is 20.4. The zero-order chi connectivity index (χ0) is 20.4. The molecular weight excluding hydrogens is 412 g/mol. The summed E-state index contributed by atoms with van der Waals surface area (Å²) in [5.74, 6) is -0.192. The Bertz CT molecular complexity index is 999. The summed E-state index contributed by atoms with van der Waals surface area (Å²) in [4.78, 5) is 13.6. The third-order valence-electron chi connectivity index (χ3n) is 5.36. The quantitative estimate of drug-likeness (QED) is 0.742. The van der Waals surface area contributed by atoms with Crippen molar-refractivity contribution in [3.05, 3.63) is 39.9 Å². The first-order valence-corrected chi connectivity index (χ1v) is 12.0. The van der Waals surface area contributed by atoms with E-state index in [9.17, 15) is 13.2 Å². The van der Waals surface area contributed by atoms with E-state index in [0.29, 0.717) is 37.6 Å². The number of morpholine rings is 1. The number of fused-ring (bicyclic) bond motifs is 1. The molecule has 2 aromatic rings. The van der Waals surface area contributed by atoms with Gasteiger partial charge in [-0.05, 0) is 54.1 Å². The van der Waals surface area contributed by atoms with E-state index in [4.69, 9.17) is 4.74 Å². The molecular formula is C19H24N4O4S2. The van der Waals surface area contributed by atoms with Crippen LogP contribution in [0.4, 0.5) is 0 Å². The van der Waals surface area contributed by atoms with Crippen molar-refractivity contribution in [2.45, 2.75) is 43.5 Å². The van der Waals surface area contributed by atoms with Gasteiger partial charge in [0, 0.05) is 13.1 Å². The van der Waals surface area contributed by atoms with Gasteiger partial charge in [-0.1, -0.05) is 23.9 Å². The van der Waals surface area contributed by atoms with Gasteiger partial charge in [0.1, 0.15) is 4.88 Å². The van der Waals surface area contributed by atoms with Crippen molar-refractivity contribution < 1.29 is 17.9 Å². The molecule has 29 heavy (non-hydrogen) atoms. The lowest BCUT2D eigenvalue weighted by molar-refractivity contribution is 0.0730. The molecule has 1 atom stereocenters. The minimum absolute atomic E-state index is 0.192. The van der Waals surface area contributed by atoms with E-state index in [1.165, 1.54) is 4.31 Å². The summed E-state index contributed by atoms with van der Waals surface area (Å²) in [6.07, 6.45) is 3.15. The number of benzene rings is 1. The van der Waals surface area contributed by atoms with E-state index in [2.05, 4.69) is 14.9 Å². The molecule has 0 saturated carbocycles. The van der Waals surface area contributed by atoms with Gasteiger partial charge in [0.05, 0.1) is 29.8 Å². The maximum atomic E-state index is 13.0. The lowest BCUT2D eigenvalue weighted by Gasteiger charge is -2.26. The zero-order valence-corrected chi connectivity index (χ0v) is 17.9. The SMILES string of the molecule is CCCc1nnsc1C(=O)N[C@H]1CCc2ccc(S(=O)(=O)N3CCOCC3)cc21. The number of sulfonamides is 1. The molecule has 4 rings (SSSR count). The molecule has 1 N–H and O–H groups in total. The van der Waals surface area contributed by atoms with Crippen LogP contribution >= 0.6 is 11.5 Å². The standard InChI is InChI=1S/C19H24N4O4S2/c1-2-3-17-18(28-22-21-17)19(24)20-16-7-5-13-4-6-14(12-15(13)16)29(25,26)23-8-10-27-11-9-23/h4,6,12,16H,2-3,5,7-11H2,1H3,(H,20,24)/t16-/m0/s1. The Hall–Kier alpha value is -1.88. The molecule has 8 nitrogen and oxygen atoms in total. The molecule has 2 heterocycles. The van der Waals surface area contributed by atoms with Gasteiger partial charge in [-0.25, -0.2) is 8.42 Å². The van der Waals surface area contributed by atoms with Gasteiger partial charge in [0.15, 0.2) is 0 Å². The number of rotatable bonds is 6. The summed E-state index contributed by atoms with van der Waals surface area (Å²) in [6, 6.07) is 5.04. The third kappa shape index (κ3) is 4.07. The Morgan fingerprint density at radius 1 is 1.34 bits per heavy atom. The second kappa shape index (κ2) is 8.47. The number of hydrogen-bond donors (Lipinski definition) is 1. The molecule has 1 aliphatic carbocycles. The summed E-state index contributed by atoms with van der Waals surface area (Å²) < 4.78 is 36.6. The molecule has 2 aliphatic rings. The molecule has 1 aromatic heterocycles. The van der Waals surface area contributed by atoms with Gasteiger partial charge in [-0.2, -0.15) is 4.31 Å². The lowest BCUT2D eigenvalue weighted by Crippen LogP contribution is -2.40. The van der Waals surface area contributed by atoms with Gasteiger partial charge >= 0.3 is 0 Å². The predicted octanol–water partition coefficient (Wildman–Crippen LogP) is 1.93. The van der Waals surface area contributed by atoms with Crippen LogP contribution in [0.5, 0.6) is 0 Å². The van der Waals surface area contributed by atoms with Crippen molar-refractivity contribution in [1.82, 2.24) is 19.2 Å². The highest BCUT2D eigenvalue weighted by Crippen LogP contribution is 2.34. The minimum atomic E-state index is -3.57. The molecule has 1 fully saturated rings. The maximum Gasteiger partial charge on any atom is 0.265 e. The van der Waals surface area contributed by atoms with Crippen LogP contribution < -0.4 is 5.32 Å². The maximum absolute atomic E-state index is 13.0. The van der Waals surface area contributed by atoms with Gasteiger partial charge < -0.3 is 10.1 Å². The van der Waals surface area contributed by atoms with Crippen LogP contribution in [-0.4, -0.2) is 54.5 Å². The lowest BCUT2D eigenvalue weighted by atomic mass is 10.1. The molecule has 1 aromatic carbocycles. The highest BCUT2D eigenvalue weighted by molar-refractivity contribution is 7.89. The van der Waals surface area contributed by atoms with Crippen molar-refractivity contribution in [3.63, 3.8) is 0 Å². The third-order valence-corrected chi connectivity index (χ3v) is 8.02. The van der Waals surface area contributed by atoms with E-state index in [0.717, 1.165) is 47.6 Å². The number of nitrogens with zero attached hydrogens (tertiary/aromatic N) is 3. The molecule has 0 radical (unpaired) electrons. The highest BCUT2D eigenvalue weighted by Gasteiger charge is 2.31. The number of carbonyl (C=O) groups excluding carboxylic acids is 1. The van der Waals surface area contributed by atoms with E-state index in [1.54, 1.807) is 12.1 Å². The minimum Gasteiger partial charge on any atom is -0.379 e. The second-order valence-corrected chi connectivity index (χ2v) is 9.93. The van der Waals surface area contributed by atoms with Crippen LogP contribution in [0.15, 0.2) is 23.1 Å². The Morgan fingerprint density at radius 2 is 2.14 bits per heavy atom. The van der Waals surface area contributed by atoms with Crippen LogP contribution in [0.1, 0.15) is 52.3 Å². The molecule has 0 spiro atoms. The van der Waals surface area contributed by atoms with Crippen molar-refractivity contribution in [2.24, 2.45) is 0 Å². The number of ether oxygens (including phenoxy) is 1. The number of amides is 1. The zero-order valence-electron chi connectivity index (χ0n) is 16.3. The first-order chi connectivity index (χ1) is 14.0. The van der Waals surface area contributed by atoms with Gasteiger partial charge in [0.25, 0.3) is 5.91 Å². The Labute approximate surface area is 174 Å². The van der Waals surface area contributed by atoms with Crippen molar-refractivity contribution in [3.8, 4) is 0 Å². The molecule has 10 heteroatoms. The Balaban J connectivity index is 1.56. The summed E-state index contributed by atoms with van der Waals surface area (Å²) in [5, 5.41) is 7.11. The van der Waals surface area contributed by atoms with Crippen molar-refractivity contribution in [1.29, 1.82) is 0 Å². The van der Waals surface area contributed by atoms with E-state index >= 15 is 0 Å². The molecule has 1 saturated heterocycles. The fourth-order valence-corrected chi connectivity index (χ4v) is 5.89.